The summed E-state index contributed by atoms with van der Waals surface area (Å²) < 4.78 is 41.5. The molecule has 48 heavy (non-hydrogen) atoms. The first-order valence-electron chi connectivity index (χ1n) is 17.2. The number of nitrogens with one attached hydrogen (secondary N) is 1. The van der Waals surface area contributed by atoms with Crippen molar-refractivity contribution in [3.8, 4) is 17.0 Å². The van der Waals surface area contributed by atoms with Crippen molar-refractivity contribution in [3.05, 3.63) is 70.5 Å². The highest BCUT2D eigenvalue weighted by atomic mass is 32.2. The number of nitrogens with zero attached hydrogens (tertiary/aromatic N) is 3. The summed E-state index contributed by atoms with van der Waals surface area (Å²) in [7, 11) is -2.63. The van der Waals surface area contributed by atoms with E-state index in [4.69, 9.17) is 9.47 Å². The van der Waals surface area contributed by atoms with Crippen LogP contribution in [0.25, 0.3) is 11.1 Å². The third-order valence-electron chi connectivity index (χ3n) is 8.65. The zero-order chi connectivity index (χ0) is 35.1. The number of sulfonamides is 1. The molecular weight excluding hydrogens is 628 g/mol. The number of H-pyrrole nitrogens is 1. The predicted octanol–water partition coefficient (Wildman–Crippen LogP) is 9.07. The summed E-state index contributed by atoms with van der Waals surface area (Å²) in [5.41, 5.74) is -0.0727. The van der Waals surface area contributed by atoms with Gasteiger partial charge in [0.1, 0.15) is 16.1 Å². The van der Waals surface area contributed by atoms with Crippen LogP contribution in [0.5, 0.6) is 5.88 Å². The first-order chi connectivity index (χ1) is 23.2. The van der Waals surface area contributed by atoms with E-state index in [0.29, 0.717) is 18.7 Å². The number of rotatable bonds is 20. The fourth-order valence-electron chi connectivity index (χ4n) is 5.78. The number of pyridine rings is 1. The summed E-state index contributed by atoms with van der Waals surface area (Å²) in [5.74, 6) is -0.381. The molecule has 1 heterocycles. The van der Waals surface area contributed by atoms with E-state index in [1.165, 1.54) is 7.11 Å². The number of aromatic amines is 1. The van der Waals surface area contributed by atoms with Crippen LogP contribution in [0.2, 0.25) is 0 Å². The number of hydrogen-bond donors (Lipinski definition) is 1. The molecule has 0 aliphatic heterocycles. The minimum Gasteiger partial charge on any atom is -0.481 e. The van der Waals surface area contributed by atoms with E-state index in [1.807, 2.05) is 6.07 Å². The molecule has 3 rings (SSSR count). The molecule has 2 unspecified atom stereocenters. The summed E-state index contributed by atoms with van der Waals surface area (Å²) in [6, 6.07) is 15.4. The van der Waals surface area contributed by atoms with E-state index in [2.05, 4.69) is 42.9 Å². The number of hydrogen-bond acceptors (Lipinski definition) is 8. The molecule has 262 valence electrons. The van der Waals surface area contributed by atoms with Crippen LogP contribution >= 0.6 is 0 Å². The molecule has 3 aromatic rings. The van der Waals surface area contributed by atoms with Gasteiger partial charge in [0.15, 0.2) is 5.69 Å². The summed E-state index contributed by atoms with van der Waals surface area (Å²) >= 11 is 0. The van der Waals surface area contributed by atoms with Crippen LogP contribution < -0.4 is 10.3 Å². The van der Waals surface area contributed by atoms with Crippen molar-refractivity contribution in [2.45, 2.75) is 90.9 Å². The Morgan fingerprint density at radius 1 is 0.854 bits per heavy atom. The quantitative estimate of drug-likeness (QED) is 0.0936. The Labute approximate surface area is 286 Å². The zero-order valence-electron chi connectivity index (χ0n) is 29.3. The third-order valence-corrected chi connectivity index (χ3v) is 10.5. The topological polar surface area (TPSA) is 130 Å². The second-order valence-corrected chi connectivity index (χ2v) is 13.9. The average molecular weight is 681 g/mol. The van der Waals surface area contributed by atoms with Crippen molar-refractivity contribution < 1.29 is 22.7 Å². The van der Waals surface area contributed by atoms with Gasteiger partial charge in [-0.1, -0.05) is 109 Å². The number of esters is 1. The molecule has 0 fully saturated rings. The molecule has 0 aliphatic rings. The van der Waals surface area contributed by atoms with Crippen LogP contribution in [0.4, 0.5) is 11.4 Å². The lowest BCUT2D eigenvalue weighted by atomic mass is 9.97. The maximum Gasteiger partial charge on any atom is 0.344 e. The highest BCUT2D eigenvalue weighted by Crippen LogP contribution is 2.40. The molecule has 11 heteroatoms. The minimum atomic E-state index is -3.99. The van der Waals surface area contributed by atoms with Crippen molar-refractivity contribution in [1.29, 1.82) is 0 Å². The van der Waals surface area contributed by atoms with Crippen molar-refractivity contribution in [3.63, 3.8) is 0 Å². The summed E-state index contributed by atoms with van der Waals surface area (Å²) in [6.45, 7) is 11.1. The maximum atomic E-state index is 14.6. The Hall–Kier alpha value is -3.83. The van der Waals surface area contributed by atoms with E-state index >= 15 is 0 Å². The Morgan fingerprint density at radius 3 is 1.98 bits per heavy atom. The second-order valence-electron chi connectivity index (χ2n) is 12.0. The van der Waals surface area contributed by atoms with Crippen molar-refractivity contribution in [2.24, 2.45) is 22.1 Å². The number of ether oxygens (including phenoxy) is 2. The lowest BCUT2D eigenvalue weighted by Crippen LogP contribution is -2.39. The number of aromatic nitrogens is 1. The molecule has 10 nitrogen and oxygen atoms in total. The standard InChI is InChI=1S/C37H52N4O6S/c1-7-12-19-27(9-3)25-41(26-28(10-4)20-13-8-2)48(44,45)31-24-18-17-23-30(31)39-40-34-32(29-21-15-14-16-22-29)33(37(43)47-11-5)35(42)38-36(34)46-6/h14-18,21-24,27-28H,7-13,19-20,25-26H2,1-6H3,(H,38,42)/b40-39+. The number of methoxy groups -OCH3 is 1. The molecular formula is C37H52N4O6S. The highest BCUT2D eigenvalue weighted by molar-refractivity contribution is 7.89. The minimum absolute atomic E-state index is 0.0268. The van der Waals surface area contributed by atoms with Gasteiger partial charge in [-0.3, -0.25) is 9.78 Å². The molecule has 0 saturated heterocycles. The van der Waals surface area contributed by atoms with Crippen LogP contribution in [0.3, 0.4) is 0 Å². The van der Waals surface area contributed by atoms with Gasteiger partial charge in [0.05, 0.1) is 13.7 Å². The summed E-state index contributed by atoms with van der Waals surface area (Å²) in [5, 5.41) is 8.93. The van der Waals surface area contributed by atoms with Crippen LogP contribution in [0, 0.1) is 11.8 Å². The fourth-order valence-corrected chi connectivity index (χ4v) is 7.50. The Bertz CT molecular complexity index is 1640. The van der Waals surface area contributed by atoms with Gasteiger partial charge in [0.25, 0.3) is 5.56 Å². The number of carbonyl (C=O) groups is 1. The van der Waals surface area contributed by atoms with Gasteiger partial charge in [0.2, 0.25) is 15.9 Å². The second kappa shape index (κ2) is 19.2. The van der Waals surface area contributed by atoms with Gasteiger partial charge in [-0.25, -0.2) is 13.2 Å². The largest absolute Gasteiger partial charge is 0.481 e. The van der Waals surface area contributed by atoms with Crippen molar-refractivity contribution in [1.82, 2.24) is 9.29 Å². The van der Waals surface area contributed by atoms with E-state index in [-0.39, 0.29) is 51.7 Å². The predicted molar refractivity (Wildman–Crippen MR) is 191 cm³/mol. The van der Waals surface area contributed by atoms with Crippen LogP contribution in [0.1, 0.15) is 96.3 Å². The lowest BCUT2D eigenvalue weighted by molar-refractivity contribution is 0.0525. The zero-order valence-corrected chi connectivity index (χ0v) is 30.1. The number of unbranched alkanes of at least 4 members (excludes halogenated alkanes) is 2. The number of carbonyl (C=O) groups excluding carboxylic acids is 1. The van der Waals surface area contributed by atoms with Gasteiger partial charge >= 0.3 is 5.97 Å². The third kappa shape index (κ3) is 9.85. The normalized spacial score (nSPS) is 13.1. The smallest absolute Gasteiger partial charge is 0.344 e. The Balaban J connectivity index is 2.20. The van der Waals surface area contributed by atoms with E-state index in [9.17, 15) is 18.0 Å². The molecule has 1 N–H and O–H groups in total. The first kappa shape index (κ1) is 38.6. The molecule has 0 amide bonds. The number of azo groups is 1. The molecule has 0 saturated carbocycles. The van der Waals surface area contributed by atoms with E-state index in [0.717, 1.165) is 51.4 Å². The fraction of sp³-hybridized carbons (Fsp3) is 0.514. The van der Waals surface area contributed by atoms with Crippen LogP contribution in [0.15, 0.2) is 74.5 Å². The van der Waals surface area contributed by atoms with Gasteiger partial charge in [-0.15, -0.1) is 10.2 Å². The van der Waals surface area contributed by atoms with E-state index in [1.54, 1.807) is 59.8 Å². The van der Waals surface area contributed by atoms with Crippen molar-refractivity contribution >= 4 is 27.4 Å². The lowest BCUT2D eigenvalue weighted by Gasteiger charge is -2.30. The summed E-state index contributed by atoms with van der Waals surface area (Å²) in [6.07, 6.45) is 7.89. The molecule has 0 spiro atoms. The van der Waals surface area contributed by atoms with Gasteiger partial charge in [-0.2, -0.15) is 4.31 Å². The molecule has 2 atom stereocenters. The van der Waals surface area contributed by atoms with Gasteiger partial charge in [0, 0.05) is 18.7 Å². The molecule has 0 aliphatic carbocycles. The first-order valence-corrected chi connectivity index (χ1v) is 18.7. The Kier molecular flexibility index (Phi) is 15.5. The molecule has 0 bridgehead atoms. The molecule has 0 radical (unpaired) electrons. The molecule has 2 aromatic carbocycles. The highest BCUT2D eigenvalue weighted by Gasteiger charge is 2.31. The van der Waals surface area contributed by atoms with Gasteiger partial charge in [-0.05, 0) is 49.3 Å². The summed E-state index contributed by atoms with van der Waals surface area (Å²) in [4.78, 5) is 28.8. The maximum absolute atomic E-state index is 14.6. The average Bonchev–Trinajstić information content (AvgIpc) is 3.10. The van der Waals surface area contributed by atoms with E-state index < -0.39 is 21.6 Å². The number of benzene rings is 2. The monoisotopic (exact) mass is 680 g/mol. The Morgan fingerprint density at radius 2 is 1.44 bits per heavy atom. The van der Waals surface area contributed by atoms with Gasteiger partial charge < -0.3 is 9.47 Å². The SMILES string of the molecule is CCCCC(CC)CN(CC(CC)CCCC)S(=O)(=O)c1ccccc1/N=N/c1c(OC)[nH]c(=O)c(C(=O)OCC)c1-c1ccccc1. The molecule has 1 aromatic heterocycles. The van der Waals surface area contributed by atoms with Crippen molar-refractivity contribution in [2.75, 3.05) is 26.8 Å². The van der Waals surface area contributed by atoms with Crippen LogP contribution in [-0.4, -0.2) is 50.5 Å². The van der Waals surface area contributed by atoms with Crippen LogP contribution in [-0.2, 0) is 14.8 Å².